The maximum Gasteiger partial charge on any atom is 0.203 e. The summed E-state index contributed by atoms with van der Waals surface area (Å²) < 4.78 is 2.93. The number of aryl methyl sites for hydroxylation is 1. The molecular formula is C14H12BrN5S. The van der Waals surface area contributed by atoms with Crippen LogP contribution in [0.2, 0.25) is 0 Å². The average Bonchev–Trinajstić information content (AvgIpc) is 3.11. The lowest BCUT2D eigenvalue weighted by Gasteiger charge is -2.05. The minimum absolute atomic E-state index is 0.790. The Kier molecular flexibility index (Phi) is 4.12. The highest BCUT2D eigenvalue weighted by atomic mass is 79.9. The van der Waals surface area contributed by atoms with E-state index in [2.05, 4.69) is 36.4 Å². The highest BCUT2D eigenvalue weighted by Gasteiger charge is 2.02. The number of hydrogen-bond donors (Lipinski definition) is 1. The van der Waals surface area contributed by atoms with Gasteiger partial charge in [0.25, 0.3) is 0 Å². The van der Waals surface area contributed by atoms with Crippen LogP contribution in [-0.2, 0) is 0 Å². The molecule has 7 heteroatoms. The third-order valence-electron chi connectivity index (χ3n) is 2.75. The van der Waals surface area contributed by atoms with Crippen molar-refractivity contribution < 1.29 is 0 Å². The summed E-state index contributed by atoms with van der Waals surface area (Å²) in [6.45, 7) is 1.96. The highest BCUT2D eigenvalue weighted by Crippen LogP contribution is 2.21. The Balaban J connectivity index is 1.73. The third kappa shape index (κ3) is 3.37. The summed E-state index contributed by atoms with van der Waals surface area (Å²) in [5.74, 6) is 0. The van der Waals surface area contributed by atoms with Gasteiger partial charge in [0.15, 0.2) is 0 Å². The van der Waals surface area contributed by atoms with Crippen molar-refractivity contribution in [2.24, 2.45) is 5.10 Å². The number of hydrazone groups is 1. The predicted molar refractivity (Wildman–Crippen MR) is 89.3 cm³/mol. The molecule has 0 atom stereocenters. The van der Waals surface area contributed by atoms with E-state index in [1.54, 1.807) is 18.7 Å². The quantitative estimate of drug-likeness (QED) is 0.567. The van der Waals surface area contributed by atoms with E-state index in [0.29, 0.717) is 0 Å². The smallest absolute Gasteiger partial charge is 0.203 e. The molecule has 0 amide bonds. The van der Waals surface area contributed by atoms with Gasteiger partial charge in [-0.25, -0.2) is 9.97 Å². The molecule has 2 heterocycles. The van der Waals surface area contributed by atoms with Gasteiger partial charge in [0.1, 0.15) is 0 Å². The molecule has 0 saturated heterocycles. The summed E-state index contributed by atoms with van der Waals surface area (Å²) in [7, 11) is 0. The number of aromatic nitrogens is 3. The van der Waals surface area contributed by atoms with Crippen LogP contribution < -0.4 is 5.43 Å². The maximum atomic E-state index is 4.28. The molecule has 1 N–H and O–H groups in total. The van der Waals surface area contributed by atoms with Crippen LogP contribution in [0.3, 0.4) is 0 Å². The van der Waals surface area contributed by atoms with Gasteiger partial charge >= 0.3 is 0 Å². The number of nitrogens with one attached hydrogen (secondary N) is 1. The summed E-state index contributed by atoms with van der Waals surface area (Å²) in [5, 5.41) is 6.96. The molecule has 5 nitrogen and oxygen atoms in total. The summed E-state index contributed by atoms with van der Waals surface area (Å²) in [4.78, 5) is 8.33. The lowest BCUT2D eigenvalue weighted by molar-refractivity contribution is 1.05. The zero-order chi connectivity index (χ0) is 14.7. The van der Waals surface area contributed by atoms with Crippen LogP contribution in [0.15, 0.2) is 51.9 Å². The fourth-order valence-corrected chi connectivity index (χ4v) is 3.02. The van der Waals surface area contributed by atoms with Crippen LogP contribution in [0.1, 0.15) is 11.3 Å². The topological polar surface area (TPSA) is 55.1 Å². The second-order valence-corrected chi connectivity index (χ2v) is 6.06. The molecule has 1 aromatic carbocycles. The van der Waals surface area contributed by atoms with E-state index < -0.39 is 0 Å². The molecule has 0 bridgehead atoms. The number of halogens is 1. The Hall–Kier alpha value is -1.99. The number of nitrogens with zero attached hydrogens (tertiary/aromatic N) is 4. The molecule has 0 fully saturated rings. The van der Waals surface area contributed by atoms with Crippen molar-refractivity contribution in [2.45, 2.75) is 6.92 Å². The van der Waals surface area contributed by atoms with Crippen molar-refractivity contribution in [3.05, 3.63) is 58.0 Å². The number of rotatable bonds is 4. The van der Waals surface area contributed by atoms with Gasteiger partial charge in [-0.3, -0.25) is 5.43 Å². The Morgan fingerprint density at radius 2 is 2.33 bits per heavy atom. The van der Waals surface area contributed by atoms with Crippen LogP contribution in [0.5, 0.6) is 0 Å². The van der Waals surface area contributed by atoms with Gasteiger partial charge in [0.05, 0.1) is 23.9 Å². The van der Waals surface area contributed by atoms with Crippen molar-refractivity contribution in [3.63, 3.8) is 0 Å². The van der Waals surface area contributed by atoms with Crippen molar-refractivity contribution in [3.8, 4) is 5.69 Å². The van der Waals surface area contributed by atoms with E-state index in [4.69, 9.17) is 0 Å². The van der Waals surface area contributed by atoms with Gasteiger partial charge in [0, 0.05) is 22.2 Å². The van der Waals surface area contributed by atoms with E-state index in [9.17, 15) is 0 Å². The predicted octanol–water partition coefficient (Wildman–Crippen LogP) is 3.85. The average molecular weight is 362 g/mol. The van der Waals surface area contributed by atoms with Crippen molar-refractivity contribution in [1.29, 1.82) is 0 Å². The number of anilines is 1. The molecule has 3 rings (SSSR count). The fraction of sp³-hybridized carbons (Fsp3) is 0.0714. The molecule has 0 saturated carbocycles. The van der Waals surface area contributed by atoms with Crippen LogP contribution >= 0.6 is 27.3 Å². The monoisotopic (exact) mass is 361 g/mol. The lowest BCUT2D eigenvalue weighted by atomic mass is 10.2. The molecule has 2 aromatic heterocycles. The molecule has 21 heavy (non-hydrogen) atoms. The summed E-state index contributed by atoms with van der Waals surface area (Å²) in [6, 6.07) is 6.02. The first kappa shape index (κ1) is 14.0. The van der Waals surface area contributed by atoms with Gasteiger partial charge in [-0.1, -0.05) is 6.07 Å². The van der Waals surface area contributed by atoms with Crippen LogP contribution in [0, 0.1) is 6.92 Å². The van der Waals surface area contributed by atoms with E-state index >= 15 is 0 Å². The van der Waals surface area contributed by atoms with Gasteiger partial charge in [-0.15, -0.1) is 11.3 Å². The largest absolute Gasteiger partial charge is 0.305 e. The molecule has 0 unspecified atom stereocenters. The van der Waals surface area contributed by atoms with E-state index in [1.165, 1.54) is 11.3 Å². The van der Waals surface area contributed by atoms with Crippen LogP contribution in [-0.4, -0.2) is 20.7 Å². The zero-order valence-corrected chi connectivity index (χ0v) is 13.6. The van der Waals surface area contributed by atoms with Crippen LogP contribution in [0.25, 0.3) is 5.69 Å². The Labute approximate surface area is 134 Å². The standard InChI is InChI=1S/C14H12BrN5S/c1-10-8-21-14(18-10)19-17-7-11-2-3-13(12(15)6-11)20-5-4-16-9-20/h2-9H,1H3,(H,18,19). The third-order valence-corrected chi connectivity index (χ3v) is 4.25. The normalized spacial score (nSPS) is 11.1. The van der Waals surface area contributed by atoms with E-state index in [0.717, 1.165) is 26.5 Å². The van der Waals surface area contributed by atoms with Gasteiger partial charge in [-0.2, -0.15) is 5.10 Å². The fourth-order valence-electron chi connectivity index (χ4n) is 1.78. The zero-order valence-electron chi connectivity index (χ0n) is 11.2. The minimum Gasteiger partial charge on any atom is -0.305 e. The molecule has 0 aliphatic carbocycles. The molecule has 0 spiro atoms. The van der Waals surface area contributed by atoms with Gasteiger partial charge in [-0.05, 0) is 40.5 Å². The summed E-state index contributed by atoms with van der Waals surface area (Å²) in [5.41, 5.74) is 5.94. The number of hydrogen-bond acceptors (Lipinski definition) is 5. The Bertz CT molecular complexity index is 764. The Morgan fingerprint density at radius 3 is 3.00 bits per heavy atom. The first-order valence-electron chi connectivity index (χ1n) is 6.21. The molecule has 0 aliphatic heterocycles. The highest BCUT2D eigenvalue weighted by molar-refractivity contribution is 9.10. The van der Waals surface area contributed by atoms with E-state index in [1.807, 2.05) is 41.3 Å². The van der Waals surface area contributed by atoms with Gasteiger partial charge in [0.2, 0.25) is 5.13 Å². The molecule has 0 aliphatic rings. The molecule has 0 radical (unpaired) electrons. The number of thiazole rings is 1. The van der Waals surface area contributed by atoms with Gasteiger partial charge < -0.3 is 4.57 Å². The number of imidazole rings is 1. The summed E-state index contributed by atoms with van der Waals surface area (Å²) in [6.07, 6.45) is 7.18. The lowest BCUT2D eigenvalue weighted by Crippen LogP contribution is -1.94. The summed E-state index contributed by atoms with van der Waals surface area (Å²) >= 11 is 5.10. The van der Waals surface area contributed by atoms with Crippen molar-refractivity contribution >= 4 is 38.6 Å². The number of benzene rings is 1. The molecular weight excluding hydrogens is 350 g/mol. The SMILES string of the molecule is Cc1csc(NN=Cc2ccc(-n3ccnc3)c(Br)c2)n1. The Morgan fingerprint density at radius 1 is 1.43 bits per heavy atom. The maximum absolute atomic E-state index is 4.28. The van der Waals surface area contributed by atoms with E-state index in [-0.39, 0.29) is 0 Å². The second kappa shape index (κ2) is 6.19. The van der Waals surface area contributed by atoms with Crippen molar-refractivity contribution in [1.82, 2.24) is 14.5 Å². The molecule has 106 valence electrons. The minimum atomic E-state index is 0.790. The van der Waals surface area contributed by atoms with Crippen LogP contribution in [0.4, 0.5) is 5.13 Å². The van der Waals surface area contributed by atoms with Crippen molar-refractivity contribution in [2.75, 3.05) is 5.43 Å². The second-order valence-electron chi connectivity index (χ2n) is 4.34. The molecule has 3 aromatic rings. The first-order valence-corrected chi connectivity index (χ1v) is 7.89. The first-order chi connectivity index (χ1) is 10.2.